The molecule has 0 bridgehead atoms. The highest BCUT2D eigenvalue weighted by atomic mass is 35.5. The maximum absolute atomic E-state index is 13.3. The minimum Gasteiger partial charge on any atom is -0.496 e. The number of hydrogen-bond donors (Lipinski definition) is 0. The molecule has 1 atom stereocenters. The smallest absolute Gasteiger partial charge is 0.264 e. The van der Waals surface area contributed by atoms with Gasteiger partial charge in [-0.1, -0.05) is 35.9 Å². The summed E-state index contributed by atoms with van der Waals surface area (Å²) in [6, 6.07) is 17.7. The minimum absolute atomic E-state index is 0.0793. The number of methoxy groups -OCH3 is 1. The van der Waals surface area contributed by atoms with Crippen molar-refractivity contribution in [3.63, 3.8) is 0 Å². The predicted octanol–water partition coefficient (Wildman–Crippen LogP) is 5.69. The van der Waals surface area contributed by atoms with Crippen molar-refractivity contribution >= 4 is 39.1 Å². The Morgan fingerprint density at radius 3 is 2.84 bits per heavy atom. The van der Waals surface area contributed by atoms with Crippen LogP contribution in [0, 0.1) is 6.92 Å². The molecule has 3 heterocycles. The highest BCUT2D eigenvalue weighted by Gasteiger charge is 2.31. The molecular formula is C24H22ClN3O2S. The average Bonchev–Trinajstić information content (AvgIpc) is 3.50. The standard InChI is InChI=1S/C24H22ClN3O2S/c1-15-20-13-22(31-24(20)28(26-15)18-7-5-6-17(25)12-18)23(29)27-11-10-16(14-27)19-8-3-4-9-21(19)30-2/h3-9,12-13,16H,10-11,14H2,1-2H3/t16-/m0/s1. The van der Waals surface area contributed by atoms with Crippen molar-refractivity contribution in [3.8, 4) is 11.4 Å². The molecule has 0 saturated carbocycles. The van der Waals surface area contributed by atoms with Gasteiger partial charge in [-0.25, -0.2) is 4.68 Å². The van der Waals surface area contributed by atoms with E-state index in [-0.39, 0.29) is 11.8 Å². The van der Waals surface area contributed by atoms with E-state index in [1.54, 1.807) is 7.11 Å². The van der Waals surface area contributed by atoms with E-state index in [4.69, 9.17) is 16.3 Å². The third-order valence-electron chi connectivity index (χ3n) is 5.86. The number of hydrogen-bond acceptors (Lipinski definition) is 4. The van der Waals surface area contributed by atoms with Gasteiger partial charge < -0.3 is 9.64 Å². The summed E-state index contributed by atoms with van der Waals surface area (Å²) in [4.78, 5) is 17.0. The Kier molecular flexibility index (Phi) is 5.20. The van der Waals surface area contributed by atoms with Crippen LogP contribution in [0.2, 0.25) is 5.02 Å². The Hall–Kier alpha value is -2.83. The van der Waals surface area contributed by atoms with Crippen molar-refractivity contribution in [2.45, 2.75) is 19.3 Å². The Morgan fingerprint density at radius 2 is 2.03 bits per heavy atom. The van der Waals surface area contributed by atoms with Crippen LogP contribution >= 0.6 is 22.9 Å². The largest absolute Gasteiger partial charge is 0.496 e. The molecule has 1 amide bonds. The first-order valence-electron chi connectivity index (χ1n) is 10.2. The molecule has 7 heteroatoms. The van der Waals surface area contributed by atoms with Gasteiger partial charge in [-0.15, -0.1) is 11.3 Å². The van der Waals surface area contributed by atoms with E-state index >= 15 is 0 Å². The van der Waals surface area contributed by atoms with Crippen molar-refractivity contribution in [1.82, 2.24) is 14.7 Å². The minimum atomic E-state index is 0.0793. The van der Waals surface area contributed by atoms with Gasteiger partial charge in [0.25, 0.3) is 5.91 Å². The molecule has 0 N–H and O–H groups in total. The van der Waals surface area contributed by atoms with Gasteiger partial charge in [0.05, 0.1) is 23.4 Å². The van der Waals surface area contributed by atoms with E-state index in [0.29, 0.717) is 11.6 Å². The molecule has 0 aliphatic carbocycles. The Morgan fingerprint density at radius 1 is 1.19 bits per heavy atom. The zero-order chi connectivity index (χ0) is 21.5. The fraction of sp³-hybridized carbons (Fsp3) is 0.250. The zero-order valence-corrected chi connectivity index (χ0v) is 18.9. The van der Waals surface area contributed by atoms with Gasteiger partial charge in [-0.2, -0.15) is 5.10 Å². The van der Waals surface area contributed by atoms with Crippen LogP contribution in [0.4, 0.5) is 0 Å². The van der Waals surface area contributed by atoms with Gasteiger partial charge in [0, 0.05) is 29.4 Å². The molecule has 2 aromatic carbocycles. The molecule has 1 saturated heterocycles. The number of para-hydroxylation sites is 1. The number of amides is 1. The van der Waals surface area contributed by atoms with Crippen LogP contribution in [0.15, 0.2) is 54.6 Å². The molecule has 158 valence electrons. The molecule has 1 aliphatic rings. The van der Waals surface area contributed by atoms with Gasteiger partial charge in [0.15, 0.2) is 0 Å². The lowest BCUT2D eigenvalue weighted by Gasteiger charge is -2.17. The van der Waals surface area contributed by atoms with E-state index < -0.39 is 0 Å². The molecule has 31 heavy (non-hydrogen) atoms. The predicted molar refractivity (Wildman–Crippen MR) is 125 cm³/mol. The van der Waals surface area contributed by atoms with Crippen molar-refractivity contribution in [2.24, 2.45) is 0 Å². The quantitative estimate of drug-likeness (QED) is 0.400. The number of ether oxygens (including phenoxy) is 1. The summed E-state index contributed by atoms with van der Waals surface area (Å²) in [5.41, 5.74) is 2.96. The summed E-state index contributed by atoms with van der Waals surface area (Å²) in [6.45, 7) is 3.42. The molecule has 5 nitrogen and oxygen atoms in total. The molecule has 0 spiro atoms. The number of rotatable bonds is 4. The number of nitrogens with zero attached hydrogens (tertiary/aromatic N) is 3. The lowest BCUT2D eigenvalue weighted by atomic mass is 9.97. The van der Waals surface area contributed by atoms with Crippen LogP contribution < -0.4 is 4.74 Å². The highest BCUT2D eigenvalue weighted by molar-refractivity contribution is 7.20. The first kappa shape index (κ1) is 20.1. The summed E-state index contributed by atoms with van der Waals surface area (Å²) in [7, 11) is 1.69. The number of halogens is 1. The van der Waals surface area contributed by atoms with Crippen LogP contribution in [0.25, 0.3) is 15.9 Å². The fourth-order valence-electron chi connectivity index (χ4n) is 4.29. The first-order chi connectivity index (χ1) is 15.0. The number of carbonyl (C=O) groups excluding carboxylic acids is 1. The normalized spacial score (nSPS) is 16.2. The molecule has 4 aromatic rings. The summed E-state index contributed by atoms with van der Waals surface area (Å²) < 4.78 is 7.40. The van der Waals surface area contributed by atoms with Crippen LogP contribution in [0.3, 0.4) is 0 Å². The lowest BCUT2D eigenvalue weighted by Crippen LogP contribution is -2.27. The maximum Gasteiger partial charge on any atom is 0.264 e. The van der Waals surface area contributed by atoms with E-state index in [0.717, 1.165) is 45.2 Å². The van der Waals surface area contributed by atoms with Gasteiger partial charge in [-0.3, -0.25) is 4.79 Å². The third kappa shape index (κ3) is 3.60. The van der Waals surface area contributed by atoms with Crippen LogP contribution in [-0.4, -0.2) is 40.8 Å². The molecule has 5 rings (SSSR count). The maximum atomic E-state index is 13.3. The summed E-state index contributed by atoms with van der Waals surface area (Å²) in [5.74, 6) is 1.26. The second-order valence-corrected chi connectivity index (χ2v) is 9.25. The number of carbonyl (C=O) groups is 1. The second kappa shape index (κ2) is 8.02. The molecule has 0 unspecified atom stereocenters. The monoisotopic (exact) mass is 451 g/mol. The van der Waals surface area contributed by atoms with E-state index in [1.807, 2.05) is 65.0 Å². The van der Waals surface area contributed by atoms with Crippen molar-refractivity contribution < 1.29 is 9.53 Å². The summed E-state index contributed by atoms with van der Waals surface area (Å²) in [6.07, 6.45) is 0.937. The van der Waals surface area contributed by atoms with Gasteiger partial charge in [-0.05, 0) is 49.2 Å². The number of aryl methyl sites for hydroxylation is 1. The molecule has 0 radical (unpaired) electrons. The average molecular weight is 452 g/mol. The van der Waals surface area contributed by atoms with Gasteiger partial charge >= 0.3 is 0 Å². The number of benzene rings is 2. The van der Waals surface area contributed by atoms with E-state index in [2.05, 4.69) is 11.2 Å². The number of aromatic nitrogens is 2. The summed E-state index contributed by atoms with van der Waals surface area (Å²) in [5, 5.41) is 6.33. The number of thiophene rings is 1. The molecule has 1 aliphatic heterocycles. The van der Waals surface area contributed by atoms with Gasteiger partial charge in [0.2, 0.25) is 0 Å². The van der Waals surface area contributed by atoms with Crippen LogP contribution in [-0.2, 0) is 0 Å². The van der Waals surface area contributed by atoms with Crippen molar-refractivity contribution in [1.29, 1.82) is 0 Å². The lowest BCUT2D eigenvalue weighted by molar-refractivity contribution is 0.0795. The first-order valence-corrected chi connectivity index (χ1v) is 11.4. The van der Waals surface area contributed by atoms with Crippen LogP contribution in [0.1, 0.15) is 33.3 Å². The topological polar surface area (TPSA) is 47.4 Å². The van der Waals surface area contributed by atoms with E-state index in [1.165, 1.54) is 16.9 Å². The summed E-state index contributed by atoms with van der Waals surface area (Å²) >= 11 is 7.66. The molecular weight excluding hydrogens is 430 g/mol. The SMILES string of the molecule is COc1ccccc1[C@H]1CCN(C(=O)c2cc3c(C)nn(-c4cccc(Cl)c4)c3s2)C1. The van der Waals surface area contributed by atoms with Gasteiger partial charge in [0.1, 0.15) is 10.6 Å². The number of likely N-dealkylation sites (tertiary alicyclic amines) is 1. The zero-order valence-electron chi connectivity index (χ0n) is 17.3. The highest BCUT2D eigenvalue weighted by Crippen LogP contribution is 2.36. The molecule has 2 aromatic heterocycles. The Balaban J connectivity index is 1.43. The Labute approximate surface area is 189 Å². The second-order valence-electron chi connectivity index (χ2n) is 7.79. The van der Waals surface area contributed by atoms with Crippen molar-refractivity contribution in [3.05, 3.63) is 75.8 Å². The van der Waals surface area contributed by atoms with E-state index in [9.17, 15) is 4.79 Å². The van der Waals surface area contributed by atoms with Crippen molar-refractivity contribution in [2.75, 3.05) is 20.2 Å². The fourth-order valence-corrected chi connectivity index (χ4v) is 5.63. The van der Waals surface area contributed by atoms with Crippen LogP contribution in [0.5, 0.6) is 5.75 Å². The molecule has 1 fully saturated rings. The number of fused-ring (bicyclic) bond motifs is 1. The third-order valence-corrected chi connectivity index (χ3v) is 7.20. The Bertz CT molecular complexity index is 1280.